The standard InChI is InChI=1S/C18H20N4O3/c1-11-6-16(25-21-11)15-7-19-18(20-17(15)14-4-5-23-10-14)22-8-12(2)24-13(3)9-22/h4-7,10,12-13H,8-9H2,1-3H3. The smallest absolute Gasteiger partial charge is 0.226 e. The van der Waals surface area contributed by atoms with Crippen molar-refractivity contribution in [1.82, 2.24) is 15.1 Å². The maximum Gasteiger partial charge on any atom is 0.226 e. The van der Waals surface area contributed by atoms with Gasteiger partial charge in [-0.25, -0.2) is 9.97 Å². The van der Waals surface area contributed by atoms with Crippen molar-refractivity contribution in [1.29, 1.82) is 0 Å². The summed E-state index contributed by atoms with van der Waals surface area (Å²) in [6.07, 6.45) is 5.37. The first-order valence-electron chi connectivity index (χ1n) is 8.34. The minimum Gasteiger partial charge on any atom is -0.472 e. The van der Waals surface area contributed by atoms with Gasteiger partial charge in [0, 0.05) is 30.9 Å². The molecule has 4 heterocycles. The third-order valence-corrected chi connectivity index (χ3v) is 4.17. The third kappa shape index (κ3) is 3.15. The fraction of sp³-hybridized carbons (Fsp3) is 0.389. The minimum absolute atomic E-state index is 0.140. The first-order chi connectivity index (χ1) is 12.1. The number of anilines is 1. The fourth-order valence-corrected chi connectivity index (χ4v) is 3.16. The predicted octanol–water partition coefficient (Wildman–Crippen LogP) is 3.31. The molecule has 4 rings (SSSR count). The molecule has 0 amide bonds. The van der Waals surface area contributed by atoms with E-state index in [-0.39, 0.29) is 12.2 Å². The Morgan fingerprint density at radius 3 is 2.64 bits per heavy atom. The van der Waals surface area contributed by atoms with E-state index in [4.69, 9.17) is 18.7 Å². The van der Waals surface area contributed by atoms with Crippen LogP contribution in [0.1, 0.15) is 19.5 Å². The van der Waals surface area contributed by atoms with E-state index < -0.39 is 0 Å². The lowest BCUT2D eigenvalue weighted by molar-refractivity contribution is -0.00571. The van der Waals surface area contributed by atoms with Gasteiger partial charge in [-0.05, 0) is 26.8 Å². The monoisotopic (exact) mass is 340 g/mol. The molecule has 0 saturated carbocycles. The van der Waals surface area contributed by atoms with Gasteiger partial charge in [-0.1, -0.05) is 5.16 Å². The Labute approximate surface area is 145 Å². The van der Waals surface area contributed by atoms with Crippen molar-refractivity contribution in [3.63, 3.8) is 0 Å². The lowest BCUT2D eigenvalue weighted by Gasteiger charge is -2.35. The largest absolute Gasteiger partial charge is 0.472 e. The first-order valence-corrected chi connectivity index (χ1v) is 8.34. The second-order valence-corrected chi connectivity index (χ2v) is 6.44. The average Bonchev–Trinajstić information content (AvgIpc) is 3.25. The van der Waals surface area contributed by atoms with Crippen LogP contribution >= 0.6 is 0 Å². The van der Waals surface area contributed by atoms with Crippen LogP contribution in [-0.4, -0.2) is 40.4 Å². The van der Waals surface area contributed by atoms with Crippen LogP contribution in [0.3, 0.4) is 0 Å². The molecule has 0 bridgehead atoms. The number of nitrogens with zero attached hydrogens (tertiary/aromatic N) is 4. The van der Waals surface area contributed by atoms with Gasteiger partial charge in [0.1, 0.15) is 0 Å². The first kappa shape index (κ1) is 15.8. The van der Waals surface area contributed by atoms with Crippen LogP contribution in [0.5, 0.6) is 0 Å². The second kappa shape index (κ2) is 6.33. The molecule has 130 valence electrons. The van der Waals surface area contributed by atoms with E-state index in [9.17, 15) is 0 Å². The van der Waals surface area contributed by atoms with E-state index in [0.29, 0.717) is 11.7 Å². The van der Waals surface area contributed by atoms with Gasteiger partial charge < -0.3 is 18.6 Å². The highest BCUT2D eigenvalue weighted by Crippen LogP contribution is 2.32. The highest BCUT2D eigenvalue weighted by atomic mass is 16.5. The molecule has 0 radical (unpaired) electrons. The molecule has 0 spiro atoms. The van der Waals surface area contributed by atoms with Crippen LogP contribution in [-0.2, 0) is 4.74 Å². The van der Waals surface area contributed by atoms with Gasteiger partial charge in [0.05, 0.1) is 41.7 Å². The number of ether oxygens (including phenoxy) is 1. The summed E-state index contributed by atoms with van der Waals surface area (Å²) in [6.45, 7) is 7.53. The molecule has 7 nitrogen and oxygen atoms in total. The third-order valence-electron chi connectivity index (χ3n) is 4.17. The minimum atomic E-state index is 0.140. The Bertz CT molecular complexity index is 849. The van der Waals surface area contributed by atoms with Crippen LogP contribution in [0.4, 0.5) is 5.95 Å². The molecule has 3 aromatic heterocycles. The molecule has 0 aromatic carbocycles. The summed E-state index contributed by atoms with van der Waals surface area (Å²) in [5.41, 5.74) is 3.25. The van der Waals surface area contributed by atoms with Gasteiger partial charge in [-0.15, -0.1) is 0 Å². The van der Waals surface area contributed by atoms with Crippen LogP contribution in [0.2, 0.25) is 0 Å². The van der Waals surface area contributed by atoms with E-state index in [1.807, 2.05) is 19.1 Å². The zero-order chi connectivity index (χ0) is 17.4. The Hall–Kier alpha value is -2.67. The van der Waals surface area contributed by atoms with E-state index in [1.54, 1.807) is 18.7 Å². The van der Waals surface area contributed by atoms with Crippen molar-refractivity contribution in [3.8, 4) is 22.6 Å². The molecule has 3 aromatic rings. The van der Waals surface area contributed by atoms with Gasteiger partial charge >= 0.3 is 0 Å². The molecule has 25 heavy (non-hydrogen) atoms. The Kier molecular flexibility index (Phi) is 4.01. The van der Waals surface area contributed by atoms with Gasteiger partial charge in [-0.3, -0.25) is 0 Å². The fourth-order valence-electron chi connectivity index (χ4n) is 3.16. The quantitative estimate of drug-likeness (QED) is 0.724. The van der Waals surface area contributed by atoms with E-state index in [0.717, 1.165) is 35.6 Å². The SMILES string of the molecule is Cc1cc(-c2cnc(N3CC(C)OC(C)C3)nc2-c2ccoc2)on1. The average molecular weight is 340 g/mol. The number of hydrogen-bond donors (Lipinski definition) is 0. The number of aromatic nitrogens is 3. The molecular formula is C18H20N4O3. The number of hydrogen-bond acceptors (Lipinski definition) is 7. The topological polar surface area (TPSA) is 77.4 Å². The van der Waals surface area contributed by atoms with Crippen molar-refractivity contribution in [2.45, 2.75) is 33.0 Å². The zero-order valence-corrected chi connectivity index (χ0v) is 14.5. The van der Waals surface area contributed by atoms with Crippen LogP contribution in [0.25, 0.3) is 22.6 Å². The van der Waals surface area contributed by atoms with Crippen molar-refractivity contribution in [2.75, 3.05) is 18.0 Å². The van der Waals surface area contributed by atoms with E-state index >= 15 is 0 Å². The van der Waals surface area contributed by atoms with Gasteiger partial charge in [0.2, 0.25) is 5.95 Å². The van der Waals surface area contributed by atoms with Crippen molar-refractivity contribution >= 4 is 5.95 Å². The highest BCUT2D eigenvalue weighted by molar-refractivity contribution is 5.78. The van der Waals surface area contributed by atoms with Crippen LogP contribution in [0.15, 0.2) is 39.8 Å². The molecule has 1 fully saturated rings. The molecule has 1 aliphatic heterocycles. The number of morpholine rings is 1. The van der Waals surface area contributed by atoms with Gasteiger partial charge in [-0.2, -0.15) is 0 Å². The summed E-state index contributed by atoms with van der Waals surface area (Å²) in [5.74, 6) is 1.32. The lowest BCUT2D eigenvalue weighted by Crippen LogP contribution is -2.46. The van der Waals surface area contributed by atoms with E-state index in [1.165, 1.54) is 0 Å². The normalized spacial score (nSPS) is 20.8. The number of rotatable bonds is 3. The van der Waals surface area contributed by atoms with E-state index in [2.05, 4.69) is 28.9 Å². The highest BCUT2D eigenvalue weighted by Gasteiger charge is 2.25. The Balaban J connectivity index is 1.77. The molecule has 1 saturated heterocycles. The van der Waals surface area contributed by atoms with Gasteiger partial charge in [0.15, 0.2) is 5.76 Å². The second-order valence-electron chi connectivity index (χ2n) is 6.44. The predicted molar refractivity (Wildman–Crippen MR) is 92.2 cm³/mol. The molecule has 0 N–H and O–H groups in total. The van der Waals surface area contributed by atoms with Crippen LogP contribution in [0, 0.1) is 6.92 Å². The zero-order valence-electron chi connectivity index (χ0n) is 14.5. The molecule has 2 atom stereocenters. The summed E-state index contributed by atoms with van der Waals surface area (Å²) >= 11 is 0. The molecule has 7 heteroatoms. The summed E-state index contributed by atoms with van der Waals surface area (Å²) < 4.78 is 16.5. The summed E-state index contributed by atoms with van der Waals surface area (Å²) in [5, 5.41) is 3.97. The maximum absolute atomic E-state index is 5.80. The summed E-state index contributed by atoms with van der Waals surface area (Å²) in [4.78, 5) is 11.5. The summed E-state index contributed by atoms with van der Waals surface area (Å²) in [6, 6.07) is 3.75. The maximum atomic E-state index is 5.80. The summed E-state index contributed by atoms with van der Waals surface area (Å²) in [7, 11) is 0. The molecule has 0 aliphatic carbocycles. The Morgan fingerprint density at radius 1 is 1.20 bits per heavy atom. The van der Waals surface area contributed by atoms with Crippen LogP contribution < -0.4 is 4.90 Å². The molecular weight excluding hydrogens is 320 g/mol. The lowest BCUT2D eigenvalue weighted by atomic mass is 10.1. The van der Waals surface area contributed by atoms with Gasteiger partial charge in [0.25, 0.3) is 0 Å². The Morgan fingerprint density at radius 2 is 2.00 bits per heavy atom. The number of furan rings is 1. The molecule has 2 unspecified atom stereocenters. The van der Waals surface area contributed by atoms with Crippen molar-refractivity contribution in [2.24, 2.45) is 0 Å². The van der Waals surface area contributed by atoms with Crippen molar-refractivity contribution < 1.29 is 13.7 Å². The number of aryl methyl sites for hydroxylation is 1. The van der Waals surface area contributed by atoms with Crippen molar-refractivity contribution in [3.05, 3.63) is 36.5 Å². The molecule has 1 aliphatic rings.